The van der Waals surface area contributed by atoms with E-state index in [1.807, 2.05) is 11.8 Å². The Morgan fingerprint density at radius 1 is 1.32 bits per heavy atom. The number of thioether (sulfide) groups is 1. The smallest absolute Gasteiger partial charge is 0.239 e. The van der Waals surface area contributed by atoms with Gasteiger partial charge in [-0.3, -0.25) is 0 Å². The standard InChI is InChI=1S/C13H22N4OS/c14-10(9-17-6-2-3-7-17)12-15-13(18-16-12)11-5-1-4-8-19-11/h10-11H,1-9,14H2. The molecule has 0 spiro atoms. The summed E-state index contributed by atoms with van der Waals surface area (Å²) in [5.41, 5.74) is 6.18. The number of hydrogen-bond donors (Lipinski definition) is 1. The van der Waals surface area contributed by atoms with Crippen molar-refractivity contribution in [3.8, 4) is 0 Å². The number of likely N-dealkylation sites (tertiary alicyclic amines) is 1. The van der Waals surface area contributed by atoms with Gasteiger partial charge >= 0.3 is 0 Å². The SMILES string of the molecule is NC(CN1CCCC1)c1noc(C2CCCCS2)n1. The van der Waals surface area contributed by atoms with Crippen LogP contribution in [0, 0.1) is 0 Å². The van der Waals surface area contributed by atoms with Crippen LogP contribution in [0.5, 0.6) is 0 Å². The highest BCUT2D eigenvalue weighted by Gasteiger charge is 2.25. The van der Waals surface area contributed by atoms with E-state index in [-0.39, 0.29) is 6.04 Å². The van der Waals surface area contributed by atoms with Crippen molar-refractivity contribution in [1.29, 1.82) is 0 Å². The molecule has 2 saturated heterocycles. The van der Waals surface area contributed by atoms with Crippen molar-refractivity contribution >= 4 is 11.8 Å². The van der Waals surface area contributed by atoms with Crippen molar-refractivity contribution in [2.45, 2.75) is 43.4 Å². The predicted molar refractivity (Wildman–Crippen MR) is 76.0 cm³/mol. The van der Waals surface area contributed by atoms with Gasteiger partial charge in [-0.1, -0.05) is 11.6 Å². The molecule has 0 aromatic carbocycles. The van der Waals surface area contributed by atoms with Gasteiger partial charge in [-0.25, -0.2) is 0 Å². The predicted octanol–water partition coefficient (Wildman–Crippen LogP) is 2.12. The van der Waals surface area contributed by atoms with Gasteiger partial charge in [0, 0.05) is 6.54 Å². The lowest BCUT2D eigenvalue weighted by Crippen LogP contribution is -2.30. The summed E-state index contributed by atoms with van der Waals surface area (Å²) >= 11 is 1.93. The van der Waals surface area contributed by atoms with Crippen LogP contribution in [0.25, 0.3) is 0 Å². The third-order valence-corrected chi connectivity index (χ3v) is 5.26. The molecule has 3 heterocycles. The Balaban J connectivity index is 1.59. The second-order valence-electron chi connectivity index (χ2n) is 5.46. The van der Waals surface area contributed by atoms with E-state index in [4.69, 9.17) is 10.3 Å². The molecule has 1 aromatic heterocycles. The van der Waals surface area contributed by atoms with Gasteiger partial charge < -0.3 is 15.2 Å². The molecule has 2 aliphatic heterocycles. The molecule has 0 saturated carbocycles. The topological polar surface area (TPSA) is 68.2 Å². The summed E-state index contributed by atoms with van der Waals surface area (Å²) in [7, 11) is 0. The van der Waals surface area contributed by atoms with E-state index in [0.29, 0.717) is 11.1 Å². The monoisotopic (exact) mass is 282 g/mol. The fourth-order valence-corrected chi connectivity index (χ4v) is 4.02. The first-order valence-corrected chi connectivity index (χ1v) is 8.31. The third-order valence-electron chi connectivity index (χ3n) is 3.90. The van der Waals surface area contributed by atoms with Crippen LogP contribution < -0.4 is 5.73 Å². The van der Waals surface area contributed by atoms with Crippen LogP contribution in [-0.2, 0) is 0 Å². The Bertz CT molecular complexity index is 399. The maximum absolute atomic E-state index is 6.18. The number of aromatic nitrogens is 2. The van der Waals surface area contributed by atoms with E-state index < -0.39 is 0 Å². The minimum absolute atomic E-state index is 0.121. The van der Waals surface area contributed by atoms with Crippen molar-refractivity contribution in [1.82, 2.24) is 15.0 Å². The van der Waals surface area contributed by atoms with Crippen LogP contribution in [0.1, 0.15) is 55.1 Å². The van der Waals surface area contributed by atoms with E-state index >= 15 is 0 Å². The lowest BCUT2D eigenvalue weighted by atomic mass is 10.2. The van der Waals surface area contributed by atoms with Gasteiger partial charge in [-0.15, -0.1) is 11.8 Å². The Morgan fingerprint density at radius 2 is 2.16 bits per heavy atom. The molecule has 0 bridgehead atoms. The molecular weight excluding hydrogens is 260 g/mol. The van der Waals surface area contributed by atoms with Crippen LogP contribution in [0.4, 0.5) is 0 Å². The minimum Gasteiger partial charge on any atom is -0.338 e. The molecule has 2 atom stereocenters. The van der Waals surface area contributed by atoms with Gasteiger partial charge in [0.1, 0.15) is 0 Å². The Labute approximate surface area is 118 Å². The highest BCUT2D eigenvalue weighted by molar-refractivity contribution is 7.99. The Hall–Kier alpha value is -0.590. The lowest BCUT2D eigenvalue weighted by molar-refractivity contribution is 0.304. The van der Waals surface area contributed by atoms with E-state index in [1.165, 1.54) is 31.4 Å². The van der Waals surface area contributed by atoms with Crippen LogP contribution in [0.3, 0.4) is 0 Å². The molecule has 2 fully saturated rings. The van der Waals surface area contributed by atoms with Crippen LogP contribution in [0.15, 0.2) is 4.52 Å². The van der Waals surface area contributed by atoms with Gasteiger partial charge in [0.15, 0.2) is 5.82 Å². The summed E-state index contributed by atoms with van der Waals surface area (Å²) in [6.45, 7) is 3.14. The largest absolute Gasteiger partial charge is 0.338 e. The van der Waals surface area contributed by atoms with E-state index in [0.717, 1.165) is 31.9 Å². The molecule has 106 valence electrons. The number of nitrogens with two attached hydrogens (primary N) is 1. The summed E-state index contributed by atoms with van der Waals surface area (Å²) in [5, 5.41) is 4.47. The molecule has 0 amide bonds. The maximum Gasteiger partial charge on any atom is 0.239 e. The Kier molecular flexibility index (Phi) is 4.40. The normalized spacial score (nSPS) is 26.7. The zero-order valence-electron chi connectivity index (χ0n) is 11.3. The first kappa shape index (κ1) is 13.4. The van der Waals surface area contributed by atoms with Crippen molar-refractivity contribution in [2.24, 2.45) is 5.73 Å². The highest BCUT2D eigenvalue weighted by Crippen LogP contribution is 2.37. The average Bonchev–Trinajstić information content (AvgIpc) is 3.10. The summed E-state index contributed by atoms with van der Waals surface area (Å²) in [4.78, 5) is 6.91. The van der Waals surface area contributed by atoms with Crippen molar-refractivity contribution < 1.29 is 4.52 Å². The first-order chi connectivity index (χ1) is 9.33. The number of hydrogen-bond acceptors (Lipinski definition) is 6. The van der Waals surface area contributed by atoms with Crippen LogP contribution >= 0.6 is 11.8 Å². The number of rotatable bonds is 4. The lowest BCUT2D eigenvalue weighted by Gasteiger charge is -2.18. The average molecular weight is 282 g/mol. The molecule has 2 N–H and O–H groups in total. The molecule has 19 heavy (non-hydrogen) atoms. The molecule has 5 nitrogen and oxygen atoms in total. The quantitative estimate of drug-likeness (QED) is 0.912. The zero-order chi connectivity index (χ0) is 13.1. The summed E-state index contributed by atoms with van der Waals surface area (Å²) < 4.78 is 5.41. The zero-order valence-corrected chi connectivity index (χ0v) is 12.1. The molecule has 0 radical (unpaired) electrons. The van der Waals surface area contributed by atoms with Crippen molar-refractivity contribution in [2.75, 3.05) is 25.4 Å². The molecule has 6 heteroatoms. The molecule has 1 aromatic rings. The highest BCUT2D eigenvalue weighted by atomic mass is 32.2. The molecule has 2 unspecified atom stereocenters. The molecular formula is C13H22N4OS. The second kappa shape index (κ2) is 6.24. The van der Waals surface area contributed by atoms with E-state index in [1.54, 1.807) is 0 Å². The van der Waals surface area contributed by atoms with E-state index in [2.05, 4.69) is 15.0 Å². The fourth-order valence-electron chi connectivity index (χ4n) is 2.79. The third kappa shape index (κ3) is 3.30. The van der Waals surface area contributed by atoms with E-state index in [9.17, 15) is 0 Å². The first-order valence-electron chi connectivity index (χ1n) is 7.26. The van der Waals surface area contributed by atoms with Gasteiger partial charge in [0.25, 0.3) is 0 Å². The van der Waals surface area contributed by atoms with Gasteiger partial charge in [0.2, 0.25) is 5.89 Å². The summed E-state index contributed by atoms with van der Waals surface area (Å²) in [6.07, 6.45) is 6.27. The molecule has 2 aliphatic rings. The number of nitrogens with zero attached hydrogens (tertiary/aromatic N) is 3. The van der Waals surface area contributed by atoms with Gasteiger partial charge in [-0.05, 0) is 44.5 Å². The Morgan fingerprint density at radius 3 is 2.89 bits per heavy atom. The molecule has 0 aliphatic carbocycles. The summed E-state index contributed by atoms with van der Waals surface area (Å²) in [5.74, 6) is 2.65. The van der Waals surface area contributed by atoms with Gasteiger partial charge in [-0.2, -0.15) is 4.98 Å². The van der Waals surface area contributed by atoms with Crippen LogP contribution in [0.2, 0.25) is 0 Å². The van der Waals surface area contributed by atoms with Gasteiger partial charge in [0.05, 0.1) is 11.3 Å². The molecule has 3 rings (SSSR count). The second-order valence-corrected chi connectivity index (χ2v) is 6.77. The summed E-state index contributed by atoms with van der Waals surface area (Å²) in [6, 6.07) is -0.121. The van der Waals surface area contributed by atoms with Crippen molar-refractivity contribution in [3.05, 3.63) is 11.7 Å². The van der Waals surface area contributed by atoms with Crippen molar-refractivity contribution in [3.63, 3.8) is 0 Å². The maximum atomic E-state index is 6.18. The fraction of sp³-hybridized carbons (Fsp3) is 0.846. The van der Waals surface area contributed by atoms with Crippen LogP contribution in [-0.4, -0.2) is 40.4 Å². The minimum atomic E-state index is -0.121.